The third-order valence-corrected chi connectivity index (χ3v) is 3.96. The van der Waals surface area contributed by atoms with Gasteiger partial charge in [-0.3, -0.25) is 0 Å². The Hall–Kier alpha value is -0.120. The maximum Gasteiger partial charge on any atom is 0.0897 e. The highest BCUT2D eigenvalue weighted by Crippen LogP contribution is 2.47. The van der Waals surface area contributed by atoms with Gasteiger partial charge in [0.2, 0.25) is 0 Å². The Labute approximate surface area is 112 Å². The molecule has 0 heterocycles. The number of hydrogen-bond acceptors (Lipinski definition) is 3. The molecule has 1 saturated carbocycles. The second-order valence-corrected chi connectivity index (χ2v) is 6.41. The van der Waals surface area contributed by atoms with Crippen molar-refractivity contribution in [3.8, 4) is 0 Å². The first-order valence-corrected chi connectivity index (χ1v) is 7.48. The fraction of sp³-hybridized carbons (Fsp3) is 1.00. The van der Waals surface area contributed by atoms with Gasteiger partial charge in [-0.2, -0.15) is 0 Å². The number of ether oxygens (including phenoxy) is 1. The molecule has 3 nitrogen and oxygen atoms in total. The van der Waals surface area contributed by atoms with Crippen molar-refractivity contribution in [1.82, 2.24) is 5.32 Å². The summed E-state index contributed by atoms with van der Waals surface area (Å²) < 4.78 is 5.65. The zero-order chi connectivity index (χ0) is 13.6. The van der Waals surface area contributed by atoms with Crippen LogP contribution in [0, 0.1) is 11.3 Å². The van der Waals surface area contributed by atoms with E-state index >= 15 is 0 Å². The molecular weight excluding hydrogens is 226 g/mol. The number of rotatable bonds is 10. The van der Waals surface area contributed by atoms with E-state index in [9.17, 15) is 5.11 Å². The van der Waals surface area contributed by atoms with E-state index in [1.54, 1.807) is 0 Å². The standard InChI is InChI=1S/C15H31NO2/c1-5-15(6-7-15)11-16-9-14(17)10-18-13(4)8-12(2)3/h12-14,16-17H,5-11H2,1-4H3. The summed E-state index contributed by atoms with van der Waals surface area (Å²) in [7, 11) is 0. The van der Waals surface area contributed by atoms with E-state index in [1.807, 2.05) is 0 Å². The monoisotopic (exact) mass is 257 g/mol. The molecule has 0 aromatic heterocycles. The zero-order valence-corrected chi connectivity index (χ0v) is 12.5. The van der Waals surface area contributed by atoms with E-state index in [0.29, 0.717) is 24.5 Å². The van der Waals surface area contributed by atoms with Crippen molar-refractivity contribution in [2.45, 2.75) is 65.6 Å². The molecule has 0 aromatic rings. The van der Waals surface area contributed by atoms with Crippen molar-refractivity contribution in [1.29, 1.82) is 0 Å². The van der Waals surface area contributed by atoms with Crippen molar-refractivity contribution >= 4 is 0 Å². The van der Waals surface area contributed by atoms with Crippen LogP contribution in [0.3, 0.4) is 0 Å². The van der Waals surface area contributed by atoms with Crippen LogP contribution in [-0.4, -0.2) is 37.0 Å². The Kier molecular flexibility index (Phi) is 6.61. The molecular formula is C15H31NO2. The molecule has 0 aromatic carbocycles. The maximum absolute atomic E-state index is 9.83. The van der Waals surface area contributed by atoms with Crippen LogP contribution in [-0.2, 0) is 4.74 Å². The normalized spacial score (nSPS) is 21.0. The molecule has 18 heavy (non-hydrogen) atoms. The quantitative estimate of drug-likeness (QED) is 0.632. The molecule has 1 aliphatic carbocycles. The molecule has 3 heteroatoms. The summed E-state index contributed by atoms with van der Waals surface area (Å²) in [6.07, 6.45) is 4.84. The predicted octanol–water partition coefficient (Wildman–Crippen LogP) is 2.58. The van der Waals surface area contributed by atoms with E-state index in [-0.39, 0.29) is 12.2 Å². The van der Waals surface area contributed by atoms with Gasteiger partial charge in [-0.25, -0.2) is 0 Å². The van der Waals surface area contributed by atoms with Gasteiger partial charge in [0.15, 0.2) is 0 Å². The zero-order valence-electron chi connectivity index (χ0n) is 12.5. The summed E-state index contributed by atoms with van der Waals surface area (Å²) in [5.74, 6) is 0.648. The minimum absolute atomic E-state index is 0.241. The Bertz CT molecular complexity index is 227. The minimum atomic E-state index is -0.382. The van der Waals surface area contributed by atoms with Gasteiger partial charge in [-0.05, 0) is 43.9 Å². The lowest BCUT2D eigenvalue weighted by Gasteiger charge is -2.19. The van der Waals surface area contributed by atoms with E-state index < -0.39 is 0 Å². The Balaban J connectivity index is 2.01. The van der Waals surface area contributed by atoms with Crippen molar-refractivity contribution in [3.63, 3.8) is 0 Å². The van der Waals surface area contributed by atoms with Gasteiger partial charge in [0.1, 0.15) is 0 Å². The molecule has 2 N–H and O–H groups in total. The third kappa shape index (κ3) is 6.17. The van der Waals surface area contributed by atoms with Crippen LogP contribution in [0.2, 0.25) is 0 Å². The lowest BCUT2D eigenvalue weighted by atomic mass is 10.0. The van der Waals surface area contributed by atoms with Crippen LogP contribution in [0.5, 0.6) is 0 Å². The van der Waals surface area contributed by atoms with Crippen LogP contribution in [0.1, 0.15) is 53.4 Å². The molecule has 0 amide bonds. The highest BCUT2D eigenvalue weighted by molar-refractivity contribution is 4.93. The number of hydrogen-bond donors (Lipinski definition) is 2. The summed E-state index contributed by atoms with van der Waals surface area (Å²) in [6.45, 7) is 10.9. The van der Waals surface area contributed by atoms with E-state index in [1.165, 1.54) is 19.3 Å². The molecule has 0 bridgehead atoms. The lowest BCUT2D eigenvalue weighted by Crippen LogP contribution is -2.34. The van der Waals surface area contributed by atoms with Gasteiger partial charge in [0, 0.05) is 13.1 Å². The van der Waals surface area contributed by atoms with Gasteiger partial charge < -0.3 is 15.2 Å². The van der Waals surface area contributed by atoms with Gasteiger partial charge >= 0.3 is 0 Å². The Morgan fingerprint density at radius 1 is 1.28 bits per heavy atom. The second-order valence-electron chi connectivity index (χ2n) is 6.41. The fourth-order valence-electron chi connectivity index (χ4n) is 2.40. The molecule has 1 fully saturated rings. The predicted molar refractivity (Wildman–Crippen MR) is 75.7 cm³/mol. The summed E-state index contributed by atoms with van der Waals surface area (Å²) in [5.41, 5.74) is 0.547. The molecule has 1 rings (SSSR count). The number of aliphatic hydroxyl groups is 1. The molecule has 108 valence electrons. The molecule has 0 saturated heterocycles. The minimum Gasteiger partial charge on any atom is -0.389 e. The highest BCUT2D eigenvalue weighted by atomic mass is 16.5. The van der Waals surface area contributed by atoms with Crippen LogP contribution in [0.4, 0.5) is 0 Å². The summed E-state index contributed by atoms with van der Waals surface area (Å²) in [5, 5.41) is 13.2. The first-order valence-electron chi connectivity index (χ1n) is 7.48. The molecule has 0 aliphatic heterocycles. The van der Waals surface area contributed by atoms with E-state index in [0.717, 1.165) is 13.0 Å². The molecule has 1 aliphatic rings. The summed E-state index contributed by atoms with van der Waals surface area (Å²) >= 11 is 0. The number of nitrogens with one attached hydrogen (secondary N) is 1. The molecule has 2 atom stereocenters. The van der Waals surface area contributed by atoms with Crippen molar-refractivity contribution in [2.24, 2.45) is 11.3 Å². The van der Waals surface area contributed by atoms with Crippen LogP contribution in [0.15, 0.2) is 0 Å². The van der Waals surface area contributed by atoms with Crippen LogP contribution < -0.4 is 5.32 Å². The van der Waals surface area contributed by atoms with Crippen molar-refractivity contribution < 1.29 is 9.84 Å². The highest BCUT2D eigenvalue weighted by Gasteiger charge is 2.39. The van der Waals surface area contributed by atoms with E-state index in [2.05, 4.69) is 33.0 Å². The van der Waals surface area contributed by atoms with Gasteiger partial charge in [0.25, 0.3) is 0 Å². The van der Waals surface area contributed by atoms with Gasteiger partial charge in [0.05, 0.1) is 18.8 Å². The number of aliphatic hydroxyl groups excluding tert-OH is 1. The van der Waals surface area contributed by atoms with E-state index in [4.69, 9.17) is 4.74 Å². The second kappa shape index (κ2) is 7.46. The SMILES string of the molecule is CCC1(CNCC(O)COC(C)CC(C)C)CC1. The topological polar surface area (TPSA) is 41.5 Å². The largest absolute Gasteiger partial charge is 0.389 e. The smallest absolute Gasteiger partial charge is 0.0897 e. The average molecular weight is 257 g/mol. The van der Waals surface area contributed by atoms with Crippen LogP contribution in [0.25, 0.3) is 0 Å². The summed E-state index contributed by atoms with van der Waals surface area (Å²) in [4.78, 5) is 0. The Morgan fingerprint density at radius 3 is 2.44 bits per heavy atom. The fourth-order valence-corrected chi connectivity index (χ4v) is 2.40. The lowest BCUT2D eigenvalue weighted by molar-refractivity contribution is -0.00878. The first-order chi connectivity index (χ1) is 8.47. The Morgan fingerprint density at radius 2 is 1.94 bits per heavy atom. The van der Waals surface area contributed by atoms with Crippen molar-refractivity contribution in [3.05, 3.63) is 0 Å². The third-order valence-electron chi connectivity index (χ3n) is 3.96. The maximum atomic E-state index is 9.83. The molecule has 0 radical (unpaired) electrons. The average Bonchev–Trinajstić information content (AvgIpc) is 3.06. The molecule has 0 spiro atoms. The first kappa shape index (κ1) is 15.9. The van der Waals surface area contributed by atoms with Gasteiger partial charge in [-0.15, -0.1) is 0 Å². The van der Waals surface area contributed by atoms with Gasteiger partial charge in [-0.1, -0.05) is 20.8 Å². The van der Waals surface area contributed by atoms with Crippen molar-refractivity contribution in [2.75, 3.05) is 19.7 Å². The molecule has 2 unspecified atom stereocenters. The van der Waals surface area contributed by atoms with Crippen LogP contribution >= 0.6 is 0 Å². The summed E-state index contributed by atoms with van der Waals surface area (Å²) in [6, 6.07) is 0.